The highest BCUT2D eigenvalue weighted by atomic mass is 32.2. The van der Waals surface area contributed by atoms with Crippen LogP contribution in [0.4, 0.5) is 4.39 Å². The van der Waals surface area contributed by atoms with Crippen LogP contribution in [0.15, 0.2) is 52.9 Å². The number of rotatable bonds is 6. The van der Waals surface area contributed by atoms with Crippen molar-refractivity contribution in [3.05, 3.63) is 70.5 Å². The molecule has 0 saturated carbocycles. The van der Waals surface area contributed by atoms with Gasteiger partial charge in [0.1, 0.15) is 5.82 Å². The SMILES string of the molecule is CC1=C(CC(=O)NCCN)c2cc(F)ccc2/C1=C/c1ccc(S(C)=O)cc1. The topological polar surface area (TPSA) is 72.2 Å². The lowest BCUT2D eigenvalue weighted by Crippen LogP contribution is -2.28. The van der Waals surface area contributed by atoms with Crippen LogP contribution in [0.2, 0.25) is 0 Å². The minimum Gasteiger partial charge on any atom is -0.355 e. The number of fused-ring (bicyclic) bond motifs is 1. The molecule has 2 aromatic rings. The van der Waals surface area contributed by atoms with Crippen molar-refractivity contribution in [3.63, 3.8) is 0 Å². The predicted molar refractivity (Wildman–Crippen MR) is 112 cm³/mol. The van der Waals surface area contributed by atoms with Gasteiger partial charge in [-0.1, -0.05) is 18.2 Å². The second kappa shape index (κ2) is 8.63. The second-order valence-electron chi connectivity index (χ2n) is 6.69. The number of halogens is 1. The summed E-state index contributed by atoms with van der Waals surface area (Å²) in [5, 5.41) is 2.77. The number of amides is 1. The van der Waals surface area contributed by atoms with E-state index in [1.807, 2.05) is 37.3 Å². The first kappa shape index (κ1) is 20.2. The van der Waals surface area contributed by atoms with Crippen molar-refractivity contribution in [1.29, 1.82) is 0 Å². The van der Waals surface area contributed by atoms with E-state index < -0.39 is 10.8 Å². The molecule has 0 aliphatic heterocycles. The quantitative estimate of drug-likeness (QED) is 0.784. The average molecular weight is 399 g/mol. The van der Waals surface area contributed by atoms with Crippen LogP contribution in [0.25, 0.3) is 17.2 Å². The van der Waals surface area contributed by atoms with Gasteiger partial charge in [-0.15, -0.1) is 0 Å². The monoisotopic (exact) mass is 398 g/mol. The zero-order valence-electron chi connectivity index (χ0n) is 15.9. The van der Waals surface area contributed by atoms with E-state index in [-0.39, 0.29) is 18.1 Å². The molecule has 28 heavy (non-hydrogen) atoms. The minimum absolute atomic E-state index is 0.133. The molecule has 0 aromatic heterocycles. The maximum Gasteiger partial charge on any atom is 0.224 e. The fraction of sp³-hybridized carbons (Fsp3) is 0.227. The molecule has 1 aliphatic rings. The Morgan fingerprint density at radius 1 is 1.18 bits per heavy atom. The van der Waals surface area contributed by atoms with Gasteiger partial charge in [-0.05, 0) is 70.7 Å². The molecule has 1 unspecified atom stereocenters. The summed E-state index contributed by atoms with van der Waals surface area (Å²) in [6.45, 7) is 2.73. The van der Waals surface area contributed by atoms with E-state index in [9.17, 15) is 13.4 Å². The molecule has 3 rings (SSSR count). The summed E-state index contributed by atoms with van der Waals surface area (Å²) in [6.07, 6.45) is 3.83. The van der Waals surface area contributed by atoms with Crippen molar-refractivity contribution in [2.75, 3.05) is 19.3 Å². The molecule has 146 valence electrons. The lowest BCUT2D eigenvalue weighted by Gasteiger charge is -2.07. The molecule has 4 nitrogen and oxygen atoms in total. The molecule has 2 aromatic carbocycles. The molecule has 0 saturated heterocycles. The van der Waals surface area contributed by atoms with Crippen LogP contribution >= 0.6 is 0 Å². The molecule has 0 radical (unpaired) electrons. The summed E-state index contributed by atoms with van der Waals surface area (Å²) in [7, 11) is -1.03. The first-order valence-electron chi connectivity index (χ1n) is 9.03. The van der Waals surface area contributed by atoms with Gasteiger partial charge in [0.25, 0.3) is 0 Å². The Morgan fingerprint density at radius 3 is 2.54 bits per heavy atom. The normalized spacial score (nSPS) is 15.6. The number of hydrogen-bond acceptors (Lipinski definition) is 3. The molecule has 1 aliphatic carbocycles. The Hall–Kier alpha value is -2.57. The van der Waals surface area contributed by atoms with Crippen molar-refractivity contribution in [3.8, 4) is 0 Å². The zero-order valence-corrected chi connectivity index (χ0v) is 16.7. The molecule has 3 N–H and O–H groups in total. The third-order valence-electron chi connectivity index (χ3n) is 4.78. The Labute approximate surface area is 166 Å². The van der Waals surface area contributed by atoms with E-state index in [4.69, 9.17) is 5.73 Å². The van der Waals surface area contributed by atoms with Gasteiger partial charge in [0.15, 0.2) is 0 Å². The van der Waals surface area contributed by atoms with Gasteiger partial charge in [0.2, 0.25) is 5.91 Å². The van der Waals surface area contributed by atoms with Gasteiger partial charge >= 0.3 is 0 Å². The number of nitrogens with one attached hydrogen (secondary N) is 1. The zero-order chi connectivity index (χ0) is 20.3. The van der Waals surface area contributed by atoms with Crippen molar-refractivity contribution in [2.45, 2.75) is 18.2 Å². The van der Waals surface area contributed by atoms with E-state index >= 15 is 0 Å². The lowest BCUT2D eigenvalue weighted by molar-refractivity contribution is -0.120. The maximum absolute atomic E-state index is 13.9. The van der Waals surface area contributed by atoms with Crippen LogP contribution in [0, 0.1) is 5.82 Å². The van der Waals surface area contributed by atoms with Crippen LogP contribution in [0.1, 0.15) is 30.0 Å². The summed E-state index contributed by atoms with van der Waals surface area (Å²) in [5.74, 6) is -0.464. The molecule has 6 heteroatoms. The molecule has 0 spiro atoms. The molecular formula is C22H23FN2O2S. The summed E-state index contributed by atoms with van der Waals surface area (Å²) in [4.78, 5) is 13.0. The molecule has 0 bridgehead atoms. The predicted octanol–water partition coefficient (Wildman–Crippen LogP) is 3.36. The van der Waals surface area contributed by atoms with Gasteiger partial charge in [0, 0.05) is 35.0 Å². The Balaban J connectivity index is 2.01. The summed E-state index contributed by atoms with van der Waals surface area (Å²) < 4.78 is 25.5. The summed E-state index contributed by atoms with van der Waals surface area (Å²) in [6, 6.07) is 12.2. The van der Waals surface area contributed by atoms with E-state index in [1.165, 1.54) is 12.1 Å². The molecule has 0 heterocycles. The van der Waals surface area contributed by atoms with Gasteiger partial charge in [-0.25, -0.2) is 4.39 Å². The third-order valence-corrected chi connectivity index (χ3v) is 5.72. The summed E-state index contributed by atoms with van der Waals surface area (Å²) >= 11 is 0. The number of carbonyl (C=O) groups is 1. The molecular weight excluding hydrogens is 375 g/mol. The number of carbonyl (C=O) groups excluding carboxylic acids is 1. The third kappa shape index (κ3) is 4.29. The lowest BCUT2D eigenvalue weighted by atomic mass is 10.0. The van der Waals surface area contributed by atoms with Crippen molar-refractivity contribution in [1.82, 2.24) is 5.32 Å². The van der Waals surface area contributed by atoms with Crippen LogP contribution < -0.4 is 11.1 Å². The van der Waals surface area contributed by atoms with Crippen LogP contribution in [-0.4, -0.2) is 29.5 Å². The van der Waals surface area contributed by atoms with Crippen LogP contribution in [-0.2, 0) is 15.6 Å². The van der Waals surface area contributed by atoms with Crippen molar-refractivity contribution >= 4 is 33.9 Å². The summed E-state index contributed by atoms with van der Waals surface area (Å²) in [5.41, 5.74) is 10.8. The standard InChI is InChI=1S/C22H23FN2O2S/c1-14-19(11-15-3-6-17(7-4-15)28(2)27)18-8-5-16(23)12-21(18)20(14)13-22(26)25-10-9-24/h3-8,11-12H,9-10,13,24H2,1-2H3,(H,25,26)/b19-11+. The minimum atomic E-state index is -1.03. The smallest absolute Gasteiger partial charge is 0.224 e. The highest BCUT2D eigenvalue weighted by Gasteiger charge is 2.25. The van der Waals surface area contributed by atoms with Crippen LogP contribution in [0.3, 0.4) is 0 Å². The Bertz CT molecular complexity index is 994. The molecule has 1 amide bonds. The van der Waals surface area contributed by atoms with Gasteiger partial charge in [-0.3, -0.25) is 9.00 Å². The molecule has 0 fully saturated rings. The van der Waals surface area contributed by atoms with Crippen molar-refractivity contribution < 1.29 is 13.4 Å². The van der Waals surface area contributed by atoms with E-state index in [0.717, 1.165) is 38.3 Å². The maximum atomic E-state index is 13.9. The second-order valence-corrected chi connectivity index (χ2v) is 8.07. The largest absolute Gasteiger partial charge is 0.355 e. The highest BCUT2D eigenvalue weighted by Crippen LogP contribution is 2.43. The number of allylic oxidation sites excluding steroid dienone is 2. The van der Waals surface area contributed by atoms with E-state index in [2.05, 4.69) is 5.32 Å². The number of hydrogen-bond donors (Lipinski definition) is 2. The average Bonchev–Trinajstić information content (AvgIpc) is 2.92. The van der Waals surface area contributed by atoms with E-state index in [1.54, 1.807) is 12.3 Å². The highest BCUT2D eigenvalue weighted by molar-refractivity contribution is 7.84. The number of nitrogens with two attached hydrogens (primary N) is 1. The first-order valence-corrected chi connectivity index (χ1v) is 10.6. The fourth-order valence-electron chi connectivity index (χ4n) is 3.34. The molecule has 1 atom stereocenters. The van der Waals surface area contributed by atoms with Crippen LogP contribution in [0.5, 0.6) is 0 Å². The first-order chi connectivity index (χ1) is 13.4. The Morgan fingerprint density at radius 2 is 1.89 bits per heavy atom. The number of benzene rings is 2. The fourth-order valence-corrected chi connectivity index (χ4v) is 3.86. The van der Waals surface area contributed by atoms with Crippen molar-refractivity contribution in [2.24, 2.45) is 5.73 Å². The van der Waals surface area contributed by atoms with E-state index in [0.29, 0.717) is 13.1 Å². The van der Waals surface area contributed by atoms with Gasteiger partial charge in [-0.2, -0.15) is 0 Å². The van der Waals surface area contributed by atoms with Gasteiger partial charge < -0.3 is 11.1 Å². The Kier molecular flexibility index (Phi) is 6.21. The van der Waals surface area contributed by atoms with Gasteiger partial charge in [0.05, 0.1) is 6.42 Å².